The average Bonchev–Trinajstić information content (AvgIpc) is 2.72. The molecular weight excluding hydrogens is 262 g/mol. The minimum atomic E-state index is -3.50. The molecule has 1 aliphatic rings. The maximum absolute atomic E-state index is 12.3. The Morgan fingerprint density at radius 2 is 2.00 bits per heavy atom. The van der Waals surface area contributed by atoms with Gasteiger partial charge in [0, 0.05) is 18.1 Å². The zero-order chi connectivity index (χ0) is 14.1. The fraction of sp³-hybridized carbons (Fsp3) is 0.571. The van der Waals surface area contributed by atoms with Crippen molar-refractivity contribution in [2.75, 3.05) is 6.61 Å². The fourth-order valence-electron chi connectivity index (χ4n) is 2.60. The summed E-state index contributed by atoms with van der Waals surface area (Å²) in [6.07, 6.45) is 2.57. The lowest BCUT2D eigenvalue weighted by Crippen LogP contribution is -2.44. The quantitative estimate of drug-likeness (QED) is 0.886. The summed E-state index contributed by atoms with van der Waals surface area (Å²) in [5, 5.41) is 9.46. The van der Waals surface area contributed by atoms with Crippen LogP contribution in [0.25, 0.3) is 0 Å². The minimum absolute atomic E-state index is 0.00802. The lowest BCUT2D eigenvalue weighted by atomic mass is 9.86. The molecule has 0 aromatic heterocycles. The molecule has 0 radical (unpaired) electrons. The Labute approximate surface area is 114 Å². The van der Waals surface area contributed by atoms with Crippen molar-refractivity contribution in [3.63, 3.8) is 0 Å². The van der Waals surface area contributed by atoms with Gasteiger partial charge in [-0.25, -0.2) is 13.1 Å². The summed E-state index contributed by atoms with van der Waals surface area (Å²) in [5.41, 5.74) is 0.678. The van der Waals surface area contributed by atoms with Crippen LogP contribution in [0.1, 0.15) is 31.7 Å². The highest BCUT2D eigenvalue weighted by Crippen LogP contribution is 2.38. The topological polar surface area (TPSA) is 66.4 Å². The first-order valence-corrected chi connectivity index (χ1v) is 8.06. The molecule has 0 saturated heterocycles. The Balaban J connectivity index is 2.20. The Kier molecular flexibility index (Phi) is 3.99. The van der Waals surface area contributed by atoms with Gasteiger partial charge in [-0.3, -0.25) is 0 Å². The van der Waals surface area contributed by atoms with E-state index < -0.39 is 10.0 Å². The molecule has 19 heavy (non-hydrogen) atoms. The predicted octanol–water partition coefficient (Wildman–Crippen LogP) is 1.82. The van der Waals surface area contributed by atoms with Crippen LogP contribution in [0.15, 0.2) is 29.2 Å². The molecule has 0 amide bonds. The molecule has 2 N–H and O–H groups in total. The largest absolute Gasteiger partial charge is 0.396 e. The molecule has 5 heteroatoms. The summed E-state index contributed by atoms with van der Waals surface area (Å²) in [4.78, 5) is 0.283. The number of aliphatic hydroxyl groups is 1. The highest BCUT2D eigenvalue weighted by atomic mass is 32.2. The zero-order valence-corrected chi connectivity index (χ0v) is 12.2. The van der Waals surface area contributed by atoms with Gasteiger partial charge in [0.2, 0.25) is 10.0 Å². The van der Waals surface area contributed by atoms with E-state index in [4.69, 9.17) is 0 Å². The molecule has 1 fully saturated rings. The van der Waals surface area contributed by atoms with Gasteiger partial charge < -0.3 is 5.11 Å². The van der Waals surface area contributed by atoms with Crippen LogP contribution in [0.5, 0.6) is 0 Å². The minimum Gasteiger partial charge on any atom is -0.396 e. The van der Waals surface area contributed by atoms with Gasteiger partial charge in [-0.05, 0) is 31.9 Å². The van der Waals surface area contributed by atoms with Gasteiger partial charge in [-0.1, -0.05) is 31.0 Å². The summed E-state index contributed by atoms with van der Waals surface area (Å²) in [6.45, 7) is 3.86. The van der Waals surface area contributed by atoms with Crippen LogP contribution >= 0.6 is 0 Å². The Morgan fingerprint density at radius 3 is 2.58 bits per heavy atom. The van der Waals surface area contributed by atoms with Gasteiger partial charge in [0.25, 0.3) is 0 Å². The molecule has 0 aliphatic heterocycles. The maximum atomic E-state index is 12.3. The average molecular weight is 283 g/mol. The summed E-state index contributed by atoms with van der Waals surface area (Å²) >= 11 is 0. The summed E-state index contributed by atoms with van der Waals surface area (Å²) in [7, 11) is -3.50. The van der Waals surface area contributed by atoms with Crippen molar-refractivity contribution < 1.29 is 13.5 Å². The van der Waals surface area contributed by atoms with Gasteiger partial charge in [-0.15, -0.1) is 0 Å². The third-order valence-corrected chi connectivity index (χ3v) is 5.56. The van der Waals surface area contributed by atoms with Crippen molar-refractivity contribution in [1.82, 2.24) is 4.72 Å². The van der Waals surface area contributed by atoms with Gasteiger partial charge in [0.1, 0.15) is 0 Å². The van der Waals surface area contributed by atoms with E-state index in [0.717, 1.165) is 24.8 Å². The molecule has 2 rings (SSSR count). The molecule has 0 bridgehead atoms. The number of aryl methyl sites for hydroxylation is 1. The van der Waals surface area contributed by atoms with E-state index in [1.807, 2.05) is 13.8 Å². The first-order chi connectivity index (χ1) is 8.87. The first kappa shape index (κ1) is 14.5. The molecule has 2 unspecified atom stereocenters. The molecule has 4 nitrogen and oxygen atoms in total. The Bertz CT molecular complexity index is 538. The van der Waals surface area contributed by atoms with E-state index in [1.165, 1.54) is 0 Å². The molecule has 2 atom stereocenters. The molecule has 1 aliphatic carbocycles. The van der Waals surface area contributed by atoms with Crippen molar-refractivity contribution in [3.8, 4) is 0 Å². The number of hydrogen-bond acceptors (Lipinski definition) is 3. The number of aliphatic hydroxyl groups excluding tert-OH is 1. The molecule has 0 heterocycles. The van der Waals surface area contributed by atoms with E-state index >= 15 is 0 Å². The van der Waals surface area contributed by atoms with Crippen molar-refractivity contribution in [2.24, 2.45) is 5.41 Å². The van der Waals surface area contributed by atoms with Crippen LogP contribution in [0.3, 0.4) is 0 Å². The zero-order valence-electron chi connectivity index (χ0n) is 11.4. The van der Waals surface area contributed by atoms with Crippen molar-refractivity contribution >= 4 is 10.0 Å². The second-order valence-electron chi connectivity index (χ2n) is 5.69. The van der Waals surface area contributed by atoms with Gasteiger partial charge in [0.15, 0.2) is 0 Å². The number of sulfonamides is 1. The van der Waals surface area contributed by atoms with E-state index in [1.54, 1.807) is 24.3 Å². The molecule has 1 saturated carbocycles. The second-order valence-corrected chi connectivity index (χ2v) is 7.41. The maximum Gasteiger partial charge on any atom is 0.240 e. The highest BCUT2D eigenvalue weighted by molar-refractivity contribution is 7.89. The van der Waals surface area contributed by atoms with Crippen LogP contribution in [0.2, 0.25) is 0 Å². The van der Waals surface area contributed by atoms with Crippen LogP contribution in [0.4, 0.5) is 0 Å². The number of rotatable bonds is 4. The number of nitrogens with one attached hydrogen (secondary N) is 1. The van der Waals surface area contributed by atoms with Crippen molar-refractivity contribution in [2.45, 2.75) is 44.0 Å². The summed E-state index contributed by atoms with van der Waals surface area (Å²) in [6, 6.07) is 6.61. The molecular formula is C14H21NO3S. The van der Waals surface area contributed by atoms with E-state index in [-0.39, 0.29) is 23.0 Å². The van der Waals surface area contributed by atoms with Crippen LogP contribution in [-0.2, 0) is 10.0 Å². The van der Waals surface area contributed by atoms with Crippen molar-refractivity contribution in [1.29, 1.82) is 0 Å². The van der Waals surface area contributed by atoms with E-state index in [0.29, 0.717) is 0 Å². The smallest absolute Gasteiger partial charge is 0.240 e. The molecule has 1 aromatic carbocycles. The Hall–Kier alpha value is -0.910. The SMILES string of the molecule is Cc1ccc(S(=O)(=O)NC2CCCC2(C)CO)cc1. The second kappa shape index (κ2) is 5.23. The van der Waals surface area contributed by atoms with Gasteiger partial charge in [-0.2, -0.15) is 0 Å². The van der Waals surface area contributed by atoms with Crippen LogP contribution in [-0.4, -0.2) is 26.2 Å². The monoisotopic (exact) mass is 283 g/mol. The summed E-state index contributed by atoms with van der Waals surface area (Å²) in [5.74, 6) is 0. The van der Waals surface area contributed by atoms with Crippen LogP contribution < -0.4 is 4.72 Å². The van der Waals surface area contributed by atoms with Gasteiger partial charge in [0.05, 0.1) is 4.90 Å². The van der Waals surface area contributed by atoms with Crippen molar-refractivity contribution in [3.05, 3.63) is 29.8 Å². The highest BCUT2D eigenvalue weighted by Gasteiger charge is 2.40. The standard InChI is InChI=1S/C14H21NO3S/c1-11-5-7-12(8-6-11)19(17,18)15-13-4-3-9-14(13,2)10-16/h5-8,13,15-16H,3-4,9-10H2,1-2H3. The Morgan fingerprint density at radius 1 is 1.37 bits per heavy atom. The first-order valence-electron chi connectivity index (χ1n) is 6.57. The van der Waals surface area contributed by atoms with Crippen LogP contribution in [0, 0.1) is 12.3 Å². The molecule has 106 valence electrons. The normalized spacial score (nSPS) is 27.6. The third-order valence-electron chi connectivity index (χ3n) is 4.07. The van der Waals surface area contributed by atoms with E-state index in [9.17, 15) is 13.5 Å². The molecule has 0 spiro atoms. The lowest BCUT2D eigenvalue weighted by Gasteiger charge is -2.29. The fourth-order valence-corrected chi connectivity index (χ4v) is 4.00. The predicted molar refractivity (Wildman–Crippen MR) is 74.3 cm³/mol. The number of hydrogen-bond donors (Lipinski definition) is 2. The summed E-state index contributed by atoms with van der Waals surface area (Å²) < 4.78 is 27.4. The molecule has 1 aromatic rings. The third kappa shape index (κ3) is 2.99. The van der Waals surface area contributed by atoms with Gasteiger partial charge >= 0.3 is 0 Å². The number of benzene rings is 1. The lowest BCUT2D eigenvalue weighted by molar-refractivity contribution is 0.127. The van der Waals surface area contributed by atoms with E-state index in [2.05, 4.69) is 4.72 Å².